The Morgan fingerprint density at radius 2 is 1.47 bits per heavy atom. The van der Waals surface area contributed by atoms with Gasteiger partial charge < -0.3 is 4.74 Å². The highest BCUT2D eigenvalue weighted by Gasteiger charge is 2.81. The maximum absolute atomic E-state index is 12.1. The number of amides is 2. The number of carbonyl (C=O) groups excluding carboxylic acids is 2. The summed E-state index contributed by atoms with van der Waals surface area (Å²) in [6.07, 6.45) is 0. The summed E-state index contributed by atoms with van der Waals surface area (Å²) in [6.45, 7) is 5.30. The average Bonchev–Trinajstić information content (AvgIpc) is 2.83. The van der Waals surface area contributed by atoms with Crippen LogP contribution in [0.15, 0.2) is 24.3 Å². The van der Waals surface area contributed by atoms with E-state index in [-0.39, 0.29) is 11.8 Å². The Balaban J connectivity index is 2.04. The predicted octanol–water partition coefficient (Wildman–Crippen LogP) is 1.42. The number of carbonyl (C=O) groups is 2. The third-order valence-corrected chi connectivity index (χ3v) is 3.79. The Morgan fingerprint density at radius 3 is 1.94 bits per heavy atom. The van der Waals surface area contributed by atoms with Gasteiger partial charge in [-0.05, 0) is 32.9 Å². The molecular formula is C13H13NO3. The van der Waals surface area contributed by atoms with E-state index in [1.165, 1.54) is 4.90 Å². The second-order valence-corrected chi connectivity index (χ2v) is 4.95. The first-order valence-electron chi connectivity index (χ1n) is 5.56. The lowest BCUT2D eigenvalue weighted by molar-refractivity contribution is -0.129. The second kappa shape index (κ2) is 2.76. The monoisotopic (exact) mass is 231 g/mol. The van der Waals surface area contributed by atoms with Crippen LogP contribution >= 0.6 is 0 Å². The molecule has 4 heteroatoms. The Hall–Kier alpha value is -1.68. The standard InChI is InChI=1S/C13H13NO3/c1-8-4-6-9(7-5-8)14-10(15)12(2)13(3,17-12)11(14)16/h4-7H,1-3H3. The largest absolute Gasteiger partial charge is 0.342 e. The van der Waals surface area contributed by atoms with Crippen LogP contribution in [0.2, 0.25) is 0 Å². The maximum Gasteiger partial charge on any atom is 0.269 e. The van der Waals surface area contributed by atoms with Gasteiger partial charge in [-0.2, -0.15) is 0 Å². The molecule has 2 aliphatic rings. The molecule has 0 spiro atoms. The van der Waals surface area contributed by atoms with Crippen molar-refractivity contribution in [1.29, 1.82) is 0 Å². The Kier molecular flexibility index (Phi) is 1.70. The molecule has 2 saturated heterocycles. The van der Waals surface area contributed by atoms with Crippen molar-refractivity contribution < 1.29 is 14.3 Å². The molecule has 0 bridgehead atoms. The summed E-state index contributed by atoms with van der Waals surface area (Å²) < 4.78 is 5.29. The molecule has 4 nitrogen and oxygen atoms in total. The molecule has 1 aromatic rings. The van der Waals surface area contributed by atoms with E-state index >= 15 is 0 Å². The van der Waals surface area contributed by atoms with E-state index in [0.717, 1.165) is 5.56 Å². The highest BCUT2D eigenvalue weighted by molar-refractivity contribution is 6.30. The van der Waals surface area contributed by atoms with E-state index in [1.807, 2.05) is 19.1 Å². The first kappa shape index (κ1) is 10.5. The Bertz CT molecular complexity index is 510. The number of anilines is 1. The number of morpholine rings is 1. The Labute approximate surface area is 99.2 Å². The van der Waals surface area contributed by atoms with Gasteiger partial charge in [-0.3, -0.25) is 9.59 Å². The van der Waals surface area contributed by atoms with Crippen molar-refractivity contribution in [3.8, 4) is 0 Å². The summed E-state index contributed by atoms with van der Waals surface area (Å²) in [5.41, 5.74) is -0.222. The third kappa shape index (κ3) is 1.06. The van der Waals surface area contributed by atoms with Gasteiger partial charge in [-0.15, -0.1) is 0 Å². The fourth-order valence-corrected chi connectivity index (χ4v) is 2.33. The molecule has 1 aromatic carbocycles. The number of rotatable bonds is 1. The van der Waals surface area contributed by atoms with Gasteiger partial charge in [0.2, 0.25) is 0 Å². The number of aryl methyl sites for hydroxylation is 1. The van der Waals surface area contributed by atoms with Crippen molar-refractivity contribution in [2.45, 2.75) is 32.0 Å². The number of benzene rings is 1. The highest BCUT2D eigenvalue weighted by Crippen LogP contribution is 2.55. The van der Waals surface area contributed by atoms with Crippen LogP contribution in [0.4, 0.5) is 5.69 Å². The minimum absolute atomic E-state index is 0.270. The highest BCUT2D eigenvalue weighted by atomic mass is 16.6. The van der Waals surface area contributed by atoms with Gasteiger partial charge in [0.1, 0.15) is 0 Å². The lowest BCUT2D eigenvalue weighted by Crippen LogP contribution is -2.38. The van der Waals surface area contributed by atoms with Gasteiger partial charge in [-0.1, -0.05) is 17.7 Å². The van der Waals surface area contributed by atoms with Gasteiger partial charge in [-0.25, -0.2) is 4.90 Å². The lowest BCUT2D eigenvalue weighted by atomic mass is 10.00. The fourth-order valence-electron chi connectivity index (χ4n) is 2.33. The number of imide groups is 1. The van der Waals surface area contributed by atoms with Crippen LogP contribution in [0, 0.1) is 6.92 Å². The van der Waals surface area contributed by atoms with Crippen LogP contribution in [0.25, 0.3) is 0 Å². The summed E-state index contributed by atoms with van der Waals surface area (Å²) >= 11 is 0. The molecule has 88 valence electrons. The van der Waals surface area contributed by atoms with Crippen LogP contribution in [0.1, 0.15) is 19.4 Å². The van der Waals surface area contributed by atoms with Crippen LogP contribution < -0.4 is 4.90 Å². The maximum atomic E-state index is 12.1. The molecule has 2 unspecified atom stereocenters. The van der Waals surface area contributed by atoms with Crippen LogP contribution in [-0.4, -0.2) is 23.0 Å². The molecular weight excluding hydrogens is 218 g/mol. The number of nitrogens with zero attached hydrogens (tertiary/aromatic N) is 1. The molecule has 2 amide bonds. The van der Waals surface area contributed by atoms with Crippen molar-refractivity contribution in [1.82, 2.24) is 0 Å². The van der Waals surface area contributed by atoms with E-state index in [1.54, 1.807) is 26.0 Å². The number of epoxide rings is 1. The van der Waals surface area contributed by atoms with Crippen molar-refractivity contribution in [2.24, 2.45) is 0 Å². The van der Waals surface area contributed by atoms with Gasteiger partial charge in [0, 0.05) is 0 Å². The molecule has 2 atom stereocenters. The van der Waals surface area contributed by atoms with Gasteiger partial charge in [0.15, 0.2) is 11.2 Å². The molecule has 2 heterocycles. The summed E-state index contributed by atoms with van der Waals surface area (Å²) in [7, 11) is 0. The molecule has 0 N–H and O–H groups in total. The fraction of sp³-hybridized carbons (Fsp3) is 0.385. The van der Waals surface area contributed by atoms with E-state index in [4.69, 9.17) is 4.74 Å². The normalized spacial score (nSPS) is 35.1. The predicted molar refractivity (Wildman–Crippen MR) is 61.6 cm³/mol. The van der Waals surface area contributed by atoms with Crippen molar-refractivity contribution in [3.63, 3.8) is 0 Å². The van der Waals surface area contributed by atoms with Crippen molar-refractivity contribution in [3.05, 3.63) is 29.8 Å². The molecule has 0 aliphatic carbocycles. The molecule has 3 rings (SSSR count). The van der Waals surface area contributed by atoms with E-state index in [9.17, 15) is 9.59 Å². The number of fused-ring (bicyclic) bond motifs is 1. The van der Waals surface area contributed by atoms with Crippen LogP contribution in [-0.2, 0) is 14.3 Å². The van der Waals surface area contributed by atoms with E-state index in [2.05, 4.69) is 0 Å². The molecule has 17 heavy (non-hydrogen) atoms. The van der Waals surface area contributed by atoms with Gasteiger partial charge in [0.05, 0.1) is 5.69 Å². The minimum Gasteiger partial charge on any atom is -0.342 e. The minimum atomic E-state index is -0.963. The number of hydrogen-bond acceptors (Lipinski definition) is 3. The molecule has 2 fully saturated rings. The first-order chi connectivity index (χ1) is 7.90. The zero-order valence-corrected chi connectivity index (χ0v) is 9.98. The van der Waals surface area contributed by atoms with Gasteiger partial charge >= 0.3 is 0 Å². The lowest BCUT2D eigenvalue weighted by Gasteiger charge is -2.18. The number of hydrogen-bond donors (Lipinski definition) is 0. The summed E-state index contributed by atoms with van der Waals surface area (Å²) in [5, 5.41) is 0. The summed E-state index contributed by atoms with van der Waals surface area (Å²) in [5.74, 6) is -0.539. The zero-order valence-electron chi connectivity index (χ0n) is 9.98. The quantitative estimate of drug-likeness (QED) is 0.542. The SMILES string of the molecule is Cc1ccc(N2C(=O)C3(C)OC3(C)C2=O)cc1. The topological polar surface area (TPSA) is 49.9 Å². The van der Waals surface area contributed by atoms with Crippen molar-refractivity contribution >= 4 is 17.5 Å². The second-order valence-electron chi connectivity index (χ2n) is 4.95. The summed E-state index contributed by atoms with van der Waals surface area (Å²) in [6, 6.07) is 7.32. The zero-order chi connectivity index (χ0) is 12.4. The Morgan fingerprint density at radius 1 is 1.00 bits per heavy atom. The van der Waals surface area contributed by atoms with E-state index in [0.29, 0.717) is 5.69 Å². The molecule has 0 saturated carbocycles. The number of ether oxygens (including phenoxy) is 1. The molecule has 0 radical (unpaired) electrons. The summed E-state index contributed by atoms with van der Waals surface area (Å²) in [4.78, 5) is 25.5. The van der Waals surface area contributed by atoms with Crippen LogP contribution in [0.3, 0.4) is 0 Å². The van der Waals surface area contributed by atoms with Crippen LogP contribution in [0.5, 0.6) is 0 Å². The average molecular weight is 231 g/mol. The molecule has 0 aromatic heterocycles. The van der Waals surface area contributed by atoms with Crippen molar-refractivity contribution in [2.75, 3.05) is 4.90 Å². The third-order valence-electron chi connectivity index (χ3n) is 3.79. The first-order valence-corrected chi connectivity index (χ1v) is 5.56. The smallest absolute Gasteiger partial charge is 0.269 e. The molecule has 2 aliphatic heterocycles. The van der Waals surface area contributed by atoms with E-state index < -0.39 is 11.2 Å². The van der Waals surface area contributed by atoms with Gasteiger partial charge in [0.25, 0.3) is 11.8 Å².